The molecule has 0 saturated heterocycles. The summed E-state index contributed by atoms with van der Waals surface area (Å²) in [5, 5.41) is 8.50. The van der Waals surface area contributed by atoms with Gasteiger partial charge in [-0.25, -0.2) is 0 Å². The molecule has 0 spiro atoms. The molecule has 3 aromatic carbocycles. The van der Waals surface area contributed by atoms with E-state index in [4.69, 9.17) is 4.52 Å². The molecular formula is C34H44N3O6P. The Kier molecular flexibility index (Phi) is 10.3. The molecular weight excluding hydrogens is 577 g/mol. The summed E-state index contributed by atoms with van der Waals surface area (Å²) < 4.78 is 20.7. The van der Waals surface area contributed by atoms with Gasteiger partial charge in [0.25, 0.3) is 11.8 Å². The molecule has 1 aliphatic heterocycles. The molecule has 3 aromatic rings. The number of imide groups is 1. The Bertz CT molecular complexity index is 1560. The molecule has 2 unspecified atom stereocenters. The second-order valence-corrected chi connectivity index (χ2v) is 15.3. The van der Waals surface area contributed by atoms with Crippen molar-refractivity contribution in [3.63, 3.8) is 0 Å². The van der Waals surface area contributed by atoms with Gasteiger partial charge in [0.05, 0.1) is 17.2 Å². The fraction of sp³-hybridized carbons (Fsp3) is 0.471. The smallest absolute Gasteiger partial charge is 0.262 e. The van der Waals surface area contributed by atoms with Crippen LogP contribution in [0.3, 0.4) is 0 Å². The molecule has 9 nitrogen and oxygen atoms in total. The zero-order valence-electron chi connectivity index (χ0n) is 26.7. The molecule has 236 valence electrons. The molecule has 1 heterocycles. The van der Waals surface area contributed by atoms with Crippen LogP contribution in [0.4, 0.5) is 0 Å². The van der Waals surface area contributed by atoms with E-state index >= 15 is 0 Å². The third-order valence-electron chi connectivity index (χ3n) is 7.82. The van der Waals surface area contributed by atoms with Gasteiger partial charge in [-0.05, 0) is 60.1 Å². The molecule has 1 aliphatic rings. The molecule has 0 bridgehead atoms. The van der Waals surface area contributed by atoms with Crippen LogP contribution in [-0.2, 0) is 18.7 Å². The molecule has 0 aromatic heterocycles. The summed E-state index contributed by atoms with van der Waals surface area (Å²) in [4.78, 5) is 55.2. The average molecular weight is 622 g/mol. The summed E-state index contributed by atoms with van der Waals surface area (Å²) >= 11 is 0. The van der Waals surface area contributed by atoms with E-state index in [2.05, 4.69) is 10.6 Å². The van der Waals surface area contributed by atoms with E-state index in [1.165, 1.54) is 7.05 Å². The number of rotatable bonds is 13. The second-order valence-electron chi connectivity index (χ2n) is 12.8. The van der Waals surface area contributed by atoms with Gasteiger partial charge in [-0.1, -0.05) is 76.2 Å². The monoisotopic (exact) mass is 621 g/mol. The van der Waals surface area contributed by atoms with E-state index in [9.17, 15) is 23.7 Å². The number of amides is 4. The largest absolute Gasteiger partial charge is 0.357 e. The normalized spacial score (nSPS) is 16.1. The first kappa shape index (κ1) is 33.3. The van der Waals surface area contributed by atoms with E-state index < -0.39 is 49.4 Å². The minimum absolute atomic E-state index is 0.0684. The van der Waals surface area contributed by atoms with Gasteiger partial charge in [0, 0.05) is 19.1 Å². The minimum atomic E-state index is -3.79. The lowest BCUT2D eigenvalue weighted by molar-refractivity contribution is -0.131. The number of benzene rings is 3. The summed E-state index contributed by atoms with van der Waals surface area (Å²) in [6.07, 6.45) is -0.285. The number of hydrogen-bond donors (Lipinski definition) is 2. The maximum absolute atomic E-state index is 14.7. The highest BCUT2D eigenvalue weighted by molar-refractivity contribution is 7.59. The maximum atomic E-state index is 14.7. The van der Waals surface area contributed by atoms with Gasteiger partial charge in [0.1, 0.15) is 12.3 Å². The Balaban J connectivity index is 1.70. The highest BCUT2D eigenvalue weighted by Gasteiger charge is 2.44. The van der Waals surface area contributed by atoms with Gasteiger partial charge in [0.2, 0.25) is 19.2 Å². The summed E-state index contributed by atoms with van der Waals surface area (Å²) in [5.74, 6) is -2.31. The molecule has 4 amide bonds. The first-order chi connectivity index (χ1) is 20.8. The van der Waals surface area contributed by atoms with Crippen LogP contribution in [0.2, 0.25) is 0 Å². The number of nitrogens with zero attached hydrogens (tertiary/aromatic N) is 1. The van der Waals surface area contributed by atoms with Crippen molar-refractivity contribution in [2.45, 2.75) is 66.5 Å². The summed E-state index contributed by atoms with van der Waals surface area (Å²) in [6.45, 7) is 11.3. The molecule has 3 atom stereocenters. The lowest BCUT2D eigenvalue weighted by Crippen LogP contribution is -2.49. The van der Waals surface area contributed by atoms with Crippen LogP contribution in [0.25, 0.3) is 21.5 Å². The van der Waals surface area contributed by atoms with Crippen molar-refractivity contribution in [2.24, 2.45) is 17.8 Å². The average Bonchev–Trinajstić information content (AvgIpc) is 3.20. The highest BCUT2D eigenvalue weighted by atomic mass is 31.2. The SMILES string of the molecule is CNC(=O)[C@H](CC(C)C)NC(=O)C(CC(C)C)CP(=O)(CN1C(=O)c2c(c3ccccc3c3ccccc23)C1=O)OC(C)C. The van der Waals surface area contributed by atoms with Gasteiger partial charge in [-0.2, -0.15) is 0 Å². The quantitative estimate of drug-likeness (QED) is 0.133. The molecule has 4 rings (SSSR count). The third-order valence-corrected chi connectivity index (χ3v) is 10.3. The van der Waals surface area contributed by atoms with Gasteiger partial charge in [-0.15, -0.1) is 0 Å². The molecule has 2 N–H and O–H groups in total. The van der Waals surface area contributed by atoms with Crippen molar-refractivity contribution in [3.8, 4) is 0 Å². The van der Waals surface area contributed by atoms with Crippen LogP contribution in [0, 0.1) is 17.8 Å². The van der Waals surface area contributed by atoms with Crippen LogP contribution in [0.1, 0.15) is 75.1 Å². The van der Waals surface area contributed by atoms with Gasteiger partial charge >= 0.3 is 0 Å². The Morgan fingerprint density at radius 1 is 0.773 bits per heavy atom. The van der Waals surface area contributed by atoms with Crippen molar-refractivity contribution in [2.75, 3.05) is 19.5 Å². The van der Waals surface area contributed by atoms with Crippen LogP contribution in [-0.4, -0.2) is 60.2 Å². The summed E-state index contributed by atoms with van der Waals surface area (Å²) in [7, 11) is -2.27. The number of hydrogen-bond acceptors (Lipinski definition) is 6. The molecule has 0 fully saturated rings. The lowest BCUT2D eigenvalue weighted by atomic mass is 9.93. The Hall–Kier alpha value is -3.55. The topological polar surface area (TPSA) is 122 Å². The van der Waals surface area contributed by atoms with Crippen LogP contribution in [0.15, 0.2) is 48.5 Å². The van der Waals surface area contributed by atoms with Crippen molar-refractivity contribution in [1.82, 2.24) is 15.5 Å². The number of fused-ring (bicyclic) bond motifs is 6. The van der Waals surface area contributed by atoms with Crippen molar-refractivity contribution in [3.05, 3.63) is 59.7 Å². The van der Waals surface area contributed by atoms with Gasteiger partial charge < -0.3 is 15.2 Å². The van der Waals surface area contributed by atoms with Crippen LogP contribution < -0.4 is 10.6 Å². The van der Waals surface area contributed by atoms with Crippen LogP contribution in [0.5, 0.6) is 0 Å². The zero-order chi connectivity index (χ0) is 32.3. The van der Waals surface area contributed by atoms with Crippen molar-refractivity contribution < 1.29 is 28.3 Å². The zero-order valence-corrected chi connectivity index (χ0v) is 27.6. The number of likely N-dealkylation sites (N-methyl/N-ethyl adjacent to an activating group) is 1. The highest BCUT2D eigenvalue weighted by Crippen LogP contribution is 2.52. The van der Waals surface area contributed by atoms with Gasteiger partial charge in [-0.3, -0.25) is 28.6 Å². The maximum Gasteiger partial charge on any atom is 0.262 e. The third kappa shape index (κ3) is 7.05. The number of nitrogens with one attached hydrogen (secondary N) is 2. The van der Waals surface area contributed by atoms with Crippen molar-refractivity contribution in [1.29, 1.82) is 0 Å². The molecule has 44 heavy (non-hydrogen) atoms. The minimum Gasteiger partial charge on any atom is -0.357 e. The Morgan fingerprint density at radius 2 is 1.25 bits per heavy atom. The van der Waals surface area contributed by atoms with E-state index in [1.54, 1.807) is 13.8 Å². The van der Waals surface area contributed by atoms with E-state index in [0.717, 1.165) is 15.7 Å². The summed E-state index contributed by atoms with van der Waals surface area (Å²) in [6, 6.07) is 14.2. The molecule has 0 aliphatic carbocycles. The predicted molar refractivity (Wildman–Crippen MR) is 174 cm³/mol. The second kappa shape index (κ2) is 13.6. The predicted octanol–water partition coefficient (Wildman–Crippen LogP) is 6.19. The Morgan fingerprint density at radius 3 is 1.68 bits per heavy atom. The fourth-order valence-electron chi connectivity index (χ4n) is 6.15. The molecule has 0 saturated carbocycles. The first-order valence-corrected chi connectivity index (χ1v) is 17.3. The van der Waals surface area contributed by atoms with Crippen molar-refractivity contribution >= 4 is 52.5 Å². The van der Waals surface area contributed by atoms with E-state index in [0.29, 0.717) is 34.7 Å². The van der Waals surface area contributed by atoms with Gasteiger partial charge in [0.15, 0.2) is 0 Å². The molecule has 10 heteroatoms. The van der Waals surface area contributed by atoms with E-state index in [1.807, 2.05) is 76.2 Å². The fourth-order valence-corrected chi connectivity index (χ4v) is 8.86. The van der Waals surface area contributed by atoms with Crippen LogP contribution >= 0.6 is 7.37 Å². The number of carbonyl (C=O) groups excluding carboxylic acids is 4. The standard InChI is InChI=1S/C34H44N3O6P/c1-20(2)16-23(31(38)36-28(17-21(3)4)32(39)35-7)18-44(42,43-22(5)6)19-37-33(40)29-26-14-10-8-12-24(26)25-13-9-11-15-27(25)30(29)34(37)41/h8-15,20-23,28H,16-19H2,1-7H3,(H,35,39)(H,36,38)/t23?,28-,44?/m0/s1. The summed E-state index contributed by atoms with van der Waals surface area (Å²) in [5.41, 5.74) is 0.581. The molecule has 0 radical (unpaired) electrons. The first-order valence-electron chi connectivity index (χ1n) is 15.3. The lowest BCUT2D eigenvalue weighted by Gasteiger charge is -2.29. The Labute approximate surface area is 259 Å². The number of carbonyl (C=O) groups is 4. The van der Waals surface area contributed by atoms with E-state index in [-0.39, 0.29) is 23.9 Å².